The number of hydrogen-bond donors (Lipinski definition) is 2. The van der Waals surface area contributed by atoms with Crippen molar-refractivity contribution in [2.75, 3.05) is 11.8 Å². The van der Waals surface area contributed by atoms with Crippen LogP contribution in [0.25, 0.3) is 0 Å². The van der Waals surface area contributed by atoms with Gasteiger partial charge in [-0.25, -0.2) is 8.42 Å². The molecule has 2 N–H and O–H groups in total. The Labute approximate surface area is 133 Å². The Morgan fingerprint density at radius 3 is 2.62 bits per heavy atom. The van der Waals surface area contributed by atoms with E-state index in [1.54, 1.807) is 30.5 Å². The second kappa shape index (κ2) is 6.55. The molecular formula is C14H16BrN3O2S. The van der Waals surface area contributed by atoms with E-state index in [9.17, 15) is 8.42 Å². The fourth-order valence-electron chi connectivity index (χ4n) is 1.90. The van der Waals surface area contributed by atoms with Crippen LogP contribution < -0.4 is 10.0 Å². The topological polar surface area (TPSA) is 71.1 Å². The quantitative estimate of drug-likeness (QED) is 0.849. The Hall–Kier alpha value is -1.44. The van der Waals surface area contributed by atoms with E-state index in [2.05, 4.69) is 31.0 Å². The molecule has 1 heterocycles. The highest BCUT2D eigenvalue weighted by Gasteiger charge is 2.18. The van der Waals surface area contributed by atoms with E-state index in [0.717, 1.165) is 11.1 Å². The molecule has 2 aromatic rings. The van der Waals surface area contributed by atoms with Crippen LogP contribution in [0.2, 0.25) is 0 Å². The molecule has 0 spiro atoms. The minimum absolute atomic E-state index is 0.198. The lowest BCUT2D eigenvalue weighted by molar-refractivity contribution is 0.600. The minimum Gasteiger partial charge on any atom is -0.316 e. The maximum atomic E-state index is 12.4. The average Bonchev–Trinajstić information content (AvgIpc) is 2.38. The number of nitrogens with zero attached hydrogens (tertiary/aromatic N) is 1. The normalized spacial score (nSPS) is 11.4. The number of halogens is 1. The number of aryl methyl sites for hydroxylation is 1. The van der Waals surface area contributed by atoms with Gasteiger partial charge in [0, 0.05) is 17.2 Å². The Balaban J connectivity index is 2.31. The summed E-state index contributed by atoms with van der Waals surface area (Å²) in [4.78, 5) is 4.17. The third kappa shape index (κ3) is 4.03. The lowest BCUT2D eigenvalue weighted by atomic mass is 10.2. The number of aromatic nitrogens is 1. The van der Waals surface area contributed by atoms with Crippen LogP contribution in [0.4, 0.5) is 5.69 Å². The van der Waals surface area contributed by atoms with Gasteiger partial charge in [0.2, 0.25) is 0 Å². The van der Waals surface area contributed by atoms with Gasteiger partial charge in [-0.15, -0.1) is 0 Å². The molecule has 2 rings (SSSR count). The molecule has 0 amide bonds. The number of nitrogens with one attached hydrogen (secondary N) is 2. The predicted octanol–water partition coefficient (Wildman–Crippen LogP) is 2.67. The van der Waals surface area contributed by atoms with Crippen molar-refractivity contribution >= 4 is 31.6 Å². The maximum Gasteiger partial charge on any atom is 0.263 e. The summed E-state index contributed by atoms with van der Waals surface area (Å²) in [6.07, 6.45) is 3.15. The first kappa shape index (κ1) is 15.9. The zero-order valence-electron chi connectivity index (χ0n) is 11.7. The largest absolute Gasteiger partial charge is 0.316 e. The van der Waals surface area contributed by atoms with Crippen LogP contribution in [0, 0.1) is 6.92 Å². The van der Waals surface area contributed by atoms with Crippen LogP contribution in [0.15, 0.2) is 46.0 Å². The first-order chi connectivity index (χ1) is 9.92. The smallest absolute Gasteiger partial charge is 0.263 e. The zero-order chi connectivity index (χ0) is 15.5. The molecule has 112 valence electrons. The molecule has 5 nitrogen and oxygen atoms in total. The Morgan fingerprint density at radius 1 is 1.24 bits per heavy atom. The van der Waals surface area contributed by atoms with E-state index in [1.165, 1.54) is 6.20 Å². The van der Waals surface area contributed by atoms with Crippen molar-refractivity contribution in [1.82, 2.24) is 10.3 Å². The predicted molar refractivity (Wildman–Crippen MR) is 86.7 cm³/mol. The Kier molecular flexibility index (Phi) is 4.97. The van der Waals surface area contributed by atoms with E-state index in [0.29, 0.717) is 16.7 Å². The Morgan fingerprint density at radius 2 is 2.00 bits per heavy atom. The molecule has 0 bridgehead atoms. The first-order valence-electron chi connectivity index (χ1n) is 6.30. The van der Waals surface area contributed by atoms with Gasteiger partial charge in [-0.2, -0.15) is 0 Å². The van der Waals surface area contributed by atoms with Gasteiger partial charge < -0.3 is 5.32 Å². The van der Waals surface area contributed by atoms with Crippen molar-refractivity contribution in [3.8, 4) is 0 Å². The summed E-state index contributed by atoms with van der Waals surface area (Å²) in [6, 6.07) is 6.89. The third-order valence-electron chi connectivity index (χ3n) is 2.79. The number of sulfonamides is 1. The SMILES string of the molecule is CNCc1ccc(S(=O)(=O)Nc2cncc(C)c2)c(Br)c1. The van der Waals surface area contributed by atoms with Crippen molar-refractivity contribution in [3.63, 3.8) is 0 Å². The van der Waals surface area contributed by atoms with Crippen LogP contribution in [0.1, 0.15) is 11.1 Å². The lowest BCUT2D eigenvalue weighted by Gasteiger charge is -2.11. The van der Waals surface area contributed by atoms with Crippen molar-refractivity contribution in [1.29, 1.82) is 0 Å². The molecule has 0 saturated heterocycles. The van der Waals surface area contributed by atoms with Gasteiger partial charge >= 0.3 is 0 Å². The fourth-order valence-corrected chi connectivity index (χ4v) is 4.06. The van der Waals surface area contributed by atoms with Crippen molar-refractivity contribution in [2.45, 2.75) is 18.4 Å². The molecule has 0 unspecified atom stereocenters. The standard InChI is InChI=1S/C14H16BrN3O2S/c1-10-5-12(9-17-7-10)18-21(19,20)14-4-3-11(8-16-2)6-13(14)15/h3-7,9,16,18H,8H2,1-2H3. The number of rotatable bonds is 5. The average molecular weight is 370 g/mol. The summed E-state index contributed by atoms with van der Waals surface area (Å²) < 4.78 is 27.9. The molecule has 0 aliphatic rings. The van der Waals surface area contributed by atoms with Crippen molar-refractivity contribution in [3.05, 3.63) is 52.3 Å². The lowest BCUT2D eigenvalue weighted by Crippen LogP contribution is -2.14. The van der Waals surface area contributed by atoms with Gasteiger partial charge in [0.15, 0.2) is 0 Å². The van der Waals surface area contributed by atoms with Gasteiger partial charge in [-0.05, 0) is 59.2 Å². The monoisotopic (exact) mass is 369 g/mol. The molecule has 0 aliphatic carbocycles. The highest BCUT2D eigenvalue weighted by atomic mass is 79.9. The van der Waals surface area contributed by atoms with Gasteiger partial charge in [0.1, 0.15) is 4.90 Å². The molecule has 1 aromatic heterocycles. The van der Waals surface area contributed by atoms with Crippen molar-refractivity contribution in [2.24, 2.45) is 0 Å². The van der Waals surface area contributed by atoms with E-state index in [-0.39, 0.29) is 4.90 Å². The fraction of sp³-hybridized carbons (Fsp3) is 0.214. The maximum absolute atomic E-state index is 12.4. The molecule has 0 radical (unpaired) electrons. The third-order valence-corrected chi connectivity index (χ3v) is 5.15. The summed E-state index contributed by atoms with van der Waals surface area (Å²) in [5.41, 5.74) is 2.33. The number of hydrogen-bond acceptors (Lipinski definition) is 4. The number of pyridine rings is 1. The summed E-state index contributed by atoms with van der Waals surface area (Å²) >= 11 is 3.32. The highest BCUT2D eigenvalue weighted by Crippen LogP contribution is 2.25. The van der Waals surface area contributed by atoms with Crippen LogP contribution in [0.3, 0.4) is 0 Å². The van der Waals surface area contributed by atoms with E-state index >= 15 is 0 Å². The molecular weight excluding hydrogens is 354 g/mol. The molecule has 0 atom stereocenters. The van der Waals surface area contributed by atoms with Gasteiger partial charge in [0.25, 0.3) is 10.0 Å². The van der Waals surface area contributed by atoms with E-state index in [4.69, 9.17) is 0 Å². The summed E-state index contributed by atoms with van der Waals surface area (Å²) in [7, 11) is -1.81. The second-order valence-electron chi connectivity index (χ2n) is 4.65. The summed E-state index contributed by atoms with van der Waals surface area (Å²) in [5.74, 6) is 0. The molecule has 21 heavy (non-hydrogen) atoms. The molecule has 0 aliphatic heterocycles. The van der Waals surface area contributed by atoms with Crippen LogP contribution in [-0.2, 0) is 16.6 Å². The van der Waals surface area contributed by atoms with E-state index < -0.39 is 10.0 Å². The van der Waals surface area contributed by atoms with Gasteiger partial charge in [-0.1, -0.05) is 6.07 Å². The second-order valence-corrected chi connectivity index (χ2v) is 7.16. The summed E-state index contributed by atoms with van der Waals surface area (Å²) in [6.45, 7) is 2.53. The van der Waals surface area contributed by atoms with Gasteiger partial charge in [-0.3, -0.25) is 9.71 Å². The first-order valence-corrected chi connectivity index (χ1v) is 8.57. The van der Waals surface area contributed by atoms with Crippen LogP contribution in [0.5, 0.6) is 0 Å². The molecule has 0 fully saturated rings. The molecule has 1 aromatic carbocycles. The molecule has 0 saturated carbocycles. The summed E-state index contributed by atoms with van der Waals surface area (Å²) in [5, 5.41) is 3.02. The number of anilines is 1. The van der Waals surface area contributed by atoms with Gasteiger partial charge in [0.05, 0.1) is 11.9 Å². The van der Waals surface area contributed by atoms with Crippen molar-refractivity contribution < 1.29 is 8.42 Å². The zero-order valence-corrected chi connectivity index (χ0v) is 14.1. The van der Waals surface area contributed by atoms with Crippen LogP contribution in [-0.4, -0.2) is 20.4 Å². The highest BCUT2D eigenvalue weighted by molar-refractivity contribution is 9.10. The number of benzene rings is 1. The van der Waals surface area contributed by atoms with Crippen LogP contribution >= 0.6 is 15.9 Å². The molecule has 7 heteroatoms. The van der Waals surface area contributed by atoms with E-state index in [1.807, 2.05) is 14.0 Å². The Bertz CT molecular complexity index is 748. The minimum atomic E-state index is -3.65.